The van der Waals surface area contributed by atoms with Crippen molar-refractivity contribution >= 4 is 116 Å². The maximum absolute atomic E-state index is 12.9. The summed E-state index contributed by atoms with van der Waals surface area (Å²) in [5.74, 6) is -6.92. The van der Waals surface area contributed by atoms with Gasteiger partial charge in [0.1, 0.15) is 21.5 Å². The van der Waals surface area contributed by atoms with Crippen LogP contribution in [0.2, 0.25) is 0 Å². The average molecular weight is 1140 g/mol. The van der Waals surface area contributed by atoms with E-state index in [4.69, 9.17) is 5.73 Å². The van der Waals surface area contributed by atoms with Crippen molar-refractivity contribution in [2.24, 2.45) is 20.5 Å². The van der Waals surface area contributed by atoms with Crippen molar-refractivity contribution in [1.82, 2.24) is 0 Å². The summed E-state index contributed by atoms with van der Waals surface area (Å²) >= 11 is -0.00675. The fraction of sp³-hybridized carbons (Fsp3) is 0.172. The normalized spacial score (nSPS) is 11.5. The number of nitrogen functional groups attached to an aromatic ring is 1. The Morgan fingerprint density at radius 2 is 1.13 bits per heavy atom. The number of benzene rings is 4. The zero-order chi connectivity index (χ0) is 46.2. The van der Waals surface area contributed by atoms with Crippen LogP contribution in [0.4, 0.5) is 28.4 Å². The van der Waals surface area contributed by atoms with E-state index in [1.165, 1.54) is 0 Å². The van der Waals surface area contributed by atoms with Crippen molar-refractivity contribution in [3.8, 4) is 5.75 Å². The molecular weight excluding hydrogens is 1120 g/mol. The molecule has 0 spiro atoms. The smallest absolute Gasteiger partial charge is 0.744 e. The standard InChI is InChI=1S/C28H25N5O23S6.CH4.6Na/c29-23-22-13(10-21(61(45,46)47)25(23)33-31-19-12-15(2-4-17(19)28(37)38)60(43,44)8-6-52-62(48,49)50)9-20(57-55-53-39)24(26(22)34)32-30-18-11-14(1-3-16(18)27(35)36)59(41,42)7-5-51-58-56-54-40;;;;;;;/h1-4,9-12,34,39-40H,5-8,29H2,(H,35,36)(H,37,38)(H,45,46,47)(H,48,49,50);1H4;;;;;;/q;;6*+1/p-6. The fourth-order valence-electron chi connectivity index (χ4n) is 4.83. The molecule has 0 saturated heterocycles. The van der Waals surface area contributed by atoms with E-state index in [9.17, 15) is 78.2 Å². The van der Waals surface area contributed by atoms with Gasteiger partial charge in [-0.3, -0.25) is 18.4 Å². The average Bonchev–Trinajstić information content (AvgIpc) is 3.17. The Morgan fingerprint density at radius 3 is 1.57 bits per heavy atom. The molecule has 40 heteroatoms. The molecule has 344 valence electrons. The van der Waals surface area contributed by atoms with Gasteiger partial charge < -0.3 is 50.3 Å². The summed E-state index contributed by atoms with van der Waals surface area (Å²) in [5, 5.41) is 75.6. The van der Waals surface area contributed by atoms with Gasteiger partial charge in [0, 0.05) is 11.1 Å². The number of rotatable bonds is 22. The number of carbonyl (C=O) groups excluding carboxylic acids is 2. The molecule has 0 aliphatic heterocycles. The molecule has 4 aromatic carbocycles. The molecule has 0 radical (unpaired) electrons. The molecule has 0 aliphatic rings. The third-order valence-corrected chi connectivity index (χ3v) is 13.1. The van der Waals surface area contributed by atoms with Gasteiger partial charge >= 0.3 is 177 Å². The van der Waals surface area contributed by atoms with Gasteiger partial charge in [0.2, 0.25) is 10.4 Å². The summed E-state index contributed by atoms with van der Waals surface area (Å²) < 4.78 is 138. The number of nitrogens with zero attached hydrogens (tertiary/aromatic N) is 4. The second kappa shape index (κ2) is 33.9. The molecule has 0 amide bonds. The molecule has 0 atom stereocenters. The maximum atomic E-state index is 12.9. The Hall–Kier alpha value is 0.980. The van der Waals surface area contributed by atoms with Crippen LogP contribution in [0, 0.1) is 0 Å². The van der Waals surface area contributed by atoms with Crippen molar-refractivity contribution < 1.29 is 283 Å². The first-order chi connectivity index (χ1) is 28.9. The Bertz CT molecular complexity index is 2940. The van der Waals surface area contributed by atoms with Crippen LogP contribution in [0.25, 0.3) is 10.8 Å². The SMILES string of the molecule is C.Nc1c(N=Nc2cc(S(=O)(=O)CCOS(=O)(=O)[O-])ccc2C(=O)[O-])c(S(=O)(=O)[O-])cc2cc(SOO[O-])c(N=Nc3cc(S(=O)(=O)CCOSOO[O-])ccc3C(=O)[O-])c(O)c12.[Na+].[Na+].[Na+].[Na+].[Na+].[Na+]. The van der Waals surface area contributed by atoms with E-state index >= 15 is 0 Å². The van der Waals surface area contributed by atoms with E-state index in [2.05, 4.69) is 47.6 Å². The van der Waals surface area contributed by atoms with E-state index in [1.807, 2.05) is 0 Å². The first-order valence-corrected chi connectivity index (χ1v) is 22.9. The van der Waals surface area contributed by atoms with E-state index in [-0.39, 0.29) is 209 Å². The summed E-state index contributed by atoms with van der Waals surface area (Å²) in [7, 11) is -19.8. The van der Waals surface area contributed by atoms with Gasteiger partial charge in [-0.2, -0.15) is 4.33 Å². The van der Waals surface area contributed by atoms with Gasteiger partial charge in [0.15, 0.2) is 37.7 Å². The number of nitrogens with two attached hydrogens (primary N) is 1. The van der Waals surface area contributed by atoms with Gasteiger partial charge in [-0.05, 0) is 53.9 Å². The van der Waals surface area contributed by atoms with Gasteiger partial charge in [0.05, 0.1) is 90.7 Å². The van der Waals surface area contributed by atoms with Crippen molar-refractivity contribution in [1.29, 1.82) is 0 Å². The molecular formula is C29H23N5Na6O23S6. The number of anilines is 1. The summed E-state index contributed by atoms with van der Waals surface area (Å²) in [6, 6.07) is 5.65. The van der Waals surface area contributed by atoms with Crippen LogP contribution in [0.1, 0.15) is 28.1 Å². The molecule has 0 bridgehead atoms. The van der Waals surface area contributed by atoms with Gasteiger partial charge in [0.25, 0.3) is 0 Å². The van der Waals surface area contributed by atoms with Crippen molar-refractivity contribution in [2.75, 3.05) is 30.5 Å². The zero-order valence-electron chi connectivity index (χ0n) is 35.7. The molecule has 0 aliphatic carbocycles. The predicted molar refractivity (Wildman–Crippen MR) is 198 cm³/mol. The Kier molecular flexibility index (Phi) is 37.6. The number of phenols is 1. The molecule has 4 rings (SSSR count). The molecule has 0 aromatic heterocycles. The molecule has 3 N–H and O–H groups in total. The van der Waals surface area contributed by atoms with Crippen LogP contribution in [0.5, 0.6) is 5.75 Å². The monoisotopic (exact) mass is 1140 g/mol. The Morgan fingerprint density at radius 1 is 0.667 bits per heavy atom. The summed E-state index contributed by atoms with van der Waals surface area (Å²) in [6.07, 6.45) is 0. The summed E-state index contributed by atoms with van der Waals surface area (Å²) in [6.45, 7) is -1.74. The van der Waals surface area contributed by atoms with Crippen LogP contribution in [0.3, 0.4) is 0 Å². The van der Waals surface area contributed by atoms with E-state index in [0.29, 0.717) is 30.3 Å². The molecule has 0 saturated carbocycles. The minimum atomic E-state index is -5.65. The summed E-state index contributed by atoms with van der Waals surface area (Å²) in [5.41, 5.74) is 0.0845. The van der Waals surface area contributed by atoms with Crippen LogP contribution < -0.4 is 204 Å². The maximum Gasteiger partial charge on any atom is 1.00 e. The number of carbonyl (C=O) groups is 2. The van der Waals surface area contributed by atoms with Crippen molar-refractivity contribution in [3.63, 3.8) is 0 Å². The minimum absolute atomic E-state index is 0. The number of aromatic carboxylic acids is 2. The van der Waals surface area contributed by atoms with E-state index < -0.39 is 153 Å². The first kappa shape index (κ1) is 76.5. The number of carboxylic acids is 2. The van der Waals surface area contributed by atoms with E-state index in [1.54, 1.807) is 0 Å². The minimum Gasteiger partial charge on any atom is -0.744 e. The molecule has 4 aromatic rings. The molecule has 0 unspecified atom stereocenters. The molecule has 0 heterocycles. The van der Waals surface area contributed by atoms with Gasteiger partial charge in [-0.25, -0.2) is 33.7 Å². The van der Waals surface area contributed by atoms with Crippen LogP contribution in [-0.4, -0.2) is 84.5 Å². The molecule has 28 nitrogen and oxygen atoms in total. The zero-order valence-corrected chi connectivity index (χ0v) is 52.6. The second-order valence-electron chi connectivity index (χ2n) is 11.2. The third kappa shape index (κ3) is 21.9. The number of fused-ring (bicyclic) bond motifs is 1. The number of carboxylic acid groups (broad SMARTS) is 2. The van der Waals surface area contributed by atoms with Gasteiger partial charge in [-0.15, -0.1) is 24.8 Å². The number of aromatic hydroxyl groups is 1. The number of hydrogen-bond acceptors (Lipinski definition) is 30. The quantitative estimate of drug-likeness (QED) is 0.00849. The number of phenolic OH excluding ortho intramolecular Hbond substituents is 1. The number of sulfone groups is 2. The fourth-order valence-corrected chi connectivity index (χ4v) is 8.91. The van der Waals surface area contributed by atoms with Crippen LogP contribution in [0.15, 0.2) is 88.6 Å². The van der Waals surface area contributed by atoms with E-state index in [0.717, 1.165) is 18.2 Å². The molecule has 0 fully saturated rings. The largest absolute Gasteiger partial charge is 1.00 e. The van der Waals surface area contributed by atoms with Crippen molar-refractivity contribution in [3.05, 3.63) is 59.7 Å². The topological polar surface area (TPSA) is 460 Å². The number of hydrogen-bond donors (Lipinski definition) is 2. The number of azo groups is 2. The third-order valence-electron chi connectivity index (χ3n) is 7.47. The van der Waals surface area contributed by atoms with Gasteiger partial charge in [-0.1, -0.05) is 7.43 Å². The first-order valence-electron chi connectivity index (χ1n) is 15.5. The Balaban J connectivity index is -0.00000302. The molecule has 69 heavy (non-hydrogen) atoms. The Labute approximate surface area is 533 Å². The predicted octanol–water partition coefficient (Wildman–Crippen LogP) is -18.7. The summed E-state index contributed by atoms with van der Waals surface area (Å²) in [4.78, 5) is 20.7. The van der Waals surface area contributed by atoms with Crippen molar-refractivity contribution in [2.45, 2.75) is 27.0 Å². The van der Waals surface area contributed by atoms with Crippen LogP contribution in [-0.2, 0) is 67.3 Å². The second-order valence-corrected chi connectivity index (χ2v) is 19.1. The van der Waals surface area contributed by atoms with Crippen LogP contribution >= 0.6 is 24.4 Å².